The van der Waals surface area contributed by atoms with E-state index in [1.165, 1.54) is 0 Å². The molecule has 0 saturated carbocycles. The predicted molar refractivity (Wildman–Crippen MR) is 117 cm³/mol. The third kappa shape index (κ3) is 4.19. The molecule has 152 valence electrons. The van der Waals surface area contributed by atoms with Gasteiger partial charge >= 0.3 is 0 Å². The lowest BCUT2D eigenvalue weighted by Crippen LogP contribution is -1.98. The molecule has 6 heteroatoms. The van der Waals surface area contributed by atoms with Crippen LogP contribution in [0.4, 0.5) is 0 Å². The molecule has 0 amide bonds. The lowest BCUT2D eigenvalue weighted by molar-refractivity contribution is 0.101. The second-order valence-corrected chi connectivity index (χ2v) is 7.54. The highest BCUT2D eigenvalue weighted by molar-refractivity contribution is 9.10. The van der Waals surface area contributed by atoms with Crippen molar-refractivity contribution in [1.29, 1.82) is 0 Å². The van der Waals surface area contributed by atoms with Crippen LogP contribution in [0.2, 0.25) is 0 Å². The molecule has 0 radical (unpaired) electrons. The molecule has 0 N–H and O–H groups in total. The van der Waals surface area contributed by atoms with Crippen molar-refractivity contribution in [3.05, 3.63) is 87.6 Å². The Hall–Kier alpha value is -3.25. The van der Waals surface area contributed by atoms with Gasteiger partial charge in [-0.15, -0.1) is 0 Å². The van der Waals surface area contributed by atoms with Crippen molar-refractivity contribution in [2.45, 2.75) is 6.61 Å². The van der Waals surface area contributed by atoms with Gasteiger partial charge in [-0.25, -0.2) is 0 Å². The molecule has 5 nitrogen and oxygen atoms in total. The molecule has 1 aliphatic rings. The van der Waals surface area contributed by atoms with E-state index in [4.69, 9.17) is 18.9 Å². The van der Waals surface area contributed by atoms with Gasteiger partial charge in [-0.1, -0.05) is 34.1 Å². The number of hydrogen-bond acceptors (Lipinski definition) is 5. The third-order valence-corrected chi connectivity index (χ3v) is 5.19. The molecule has 3 aromatic carbocycles. The average molecular weight is 467 g/mol. The van der Waals surface area contributed by atoms with Gasteiger partial charge in [-0.05, 0) is 53.6 Å². The van der Waals surface area contributed by atoms with E-state index in [0.29, 0.717) is 35.2 Å². The van der Waals surface area contributed by atoms with Crippen LogP contribution in [-0.2, 0) is 6.61 Å². The molecule has 1 aliphatic heterocycles. The number of allylic oxidation sites excluding steroid dienone is 1. The summed E-state index contributed by atoms with van der Waals surface area (Å²) >= 11 is 3.42. The molecule has 1 heterocycles. The van der Waals surface area contributed by atoms with E-state index in [1.54, 1.807) is 50.6 Å². The van der Waals surface area contributed by atoms with E-state index in [0.717, 1.165) is 15.6 Å². The summed E-state index contributed by atoms with van der Waals surface area (Å²) in [4.78, 5) is 12.7. The first kappa shape index (κ1) is 20.0. The van der Waals surface area contributed by atoms with Crippen molar-refractivity contribution in [2.24, 2.45) is 0 Å². The number of hydrogen-bond donors (Lipinski definition) is 0. The van der Waals surface area contributed by atoms with Crippen LogP contribution in [0.1, 0.15) is 21.5 Å². The van der Waals surface area contributed by atoms with Crippen LogP contribution >= 0.6 is 15.9 Å². The fourth-order valence-corrected chi connectivity index (χ4v) is 3.36. The number of methoxy groups -OCH3 is 2. The zero-order valence-corrected chi connectivity index (χ0v) is 18.1. The highest BCUT2D eigenvalue weighted by atomic mass is 79.9. The minimum Gasteiger partial charge on any atom is -0.493 e. The average Bonchev–Trinajstić information content (AvgIpc) is 3.07. The van der Waals surface area contributed by atoms with Gasteiger partial charge in [0, 0.05) is 10.5 Å². The van der Waals surface area contributed by atoms with Crippen LogP contribution in [-0.4, -0.2) is 20.0 Å². The van der Waals surface area contributed by atoms with E-state index in [9.17, 15) is 4.79 Å². The van der Waals surface area contributed by atoms with E-state index >= 15 is 0 Å². The number of rotatable bonds is 6. The number of carbonyl (C=O) groups excluding carboxylic acids is 1. The molecule has 0 spiro atoms. The van der Waals surface area contributed by atoms with E-state index < -0.39 is 0 Å². The maximum absolute atomic E-state index is 12.7. The normalized spacial score (nSPS) is 13.7. The number of Topliss-reactive ketones (excluding diaryl/α,β-unsaturated/α-hetero) is 1. The van der Waals surface area contributed by atoms with Gasteiger partial charge in [0.2, 0.25) is 5.78 Å². The number of benzene rings is 3. The van der Waals surface area contributed by atoms with Crippen LogP contribution in [0, 0.1) is 0 Å². The maximum atomic E-state index is 12.7. The Morgan fingerprint density at radius 1 is 0.933 bits per heavy atom. The van der Waals surface area contributed by atoms with Crippen molar-refractivity contribution < 1.29 is 23.7 Å². The Balaban J connectivity index is 1.51. The summed E-state index contributed by atoms with van der Waals surface area (Å²) < 4.78 is 23.2. The summed E-state index contributed by atoms with van der Waals surface area (Å²) in [7, 11) is 3.14. The zero-order valence-electron chi connectivity index (χ0n) is 16.5. The van der Waals surface area contributed by atoms with Gasteiger partial charge in [0.1, 0.15) is 18.1 Å². The fourth-order valence-electron chi connectivity index (χ4n) is 3.10. The fraction of sp³-hybridized carbons (Fsp3) is 0.125. The highest BCUT2D eigenvalue weighted by Crippen LogP contribution is 2.36. The van der Waals surface area contributed by atoms with Crippen molar-refractivity contribution in [3.8, 4) is 23.0 Å². The van der Waals surface area contributed by atoms with E-state index in [-0.39, 0.29) is 11.5 Å². The van der Waals surface area contributed by atoms with Gasteiger partial charge < -0.3 is 18.9 Å². The summed E-state index contributed by atoms with van der Waals surface area (Å²) in [5.74, 6) is 2.41. The second-order valence-electron chi connectivity index (χ2n) is 6.63. The molecule has 0 aliphatic carbocycles. The van der Waals surface area contributed by atoms with Crippen LogP contribution in [0.5, 0.6) is 23.0 Å². The van der Waals surface area contributed by atoms with E-state index in [1.807, 2.05) is 30.3 Å². The molecule has 4 rings (SSSR count). The van der Waals surface area contributed by atoms with Crippen LogP contribution in [0.25, 0.3) is 6.08 Å². The monoisotopic (exact) mass is 466 g/mol. The lowest BCUT2D eigenvalue weighted by Gasteiger charge is -2.08. The Kier molecular flexibility index (Phi) is 5.77. The van der Waals surface area contributed by atoms with Crippen LogP contribution in [0.15, 0.2) is 70.9 Å². The summed E-state index contributed by atoms with van der Waals surface area (Å²) in [6.07, 6.45) is 1.69. The van der Waals surface area contributed by atoms with Crippen molar-refractivity contribution in [3.63, 3.8) is 0 Å². The second kappa shape index (κ2) is 8.63. The molecule has 0 bridgehead atoms. The lowest BCUT2D eigenvalue weighted by atomic mass is 10.1. The number of ether oxygens (including phenoxy) is 4. The Morgan fingerprint density at radius 2 is 1.70 bits per heavy atom. The zero-order chi connectivity index (χ0) is 21.1. The first-order valence-electron chi connectivity index (χ1n) is 9.25. The minimum atomic E-state index is -0.167. The summed E-state index contributed by atoms with van der Waals surface area (Å²) in [5.41, 5.74) is 2.33. The molecule has 0 atom stereocenters. The number of fused-ring (bicyclic) bond motifs is 1. The Labute approximate surface area is 183 Å². The summed E-state index contributed by atoms with van der Waals surface area (Å²) in [5, 5.41) is 0. The quantitative estimate of drug-likeness (QED) is 0.438. The third-order valence-electron chi connectivity index (χ3n) is 4.67. The van der Waals surface area contributed by atoms with Crippen LogP contribution < -0.4 is 18.9 Å². The van der Waals surface area contributed by atoms with Crippen molar-refractivity contribution >= 4 is 27.8 Å². The molecule has 3 aromatic rings. The predicted octanol–water partition coefficient (Wildman–Crippen LogP) is 5.66. The van der Waals surface area contributed by atoms with Gasteiger partial charge in [0.15, 0.2) is 17.3 Å². The minimum absolute atomic E-state index is 0.167. The SMILES string of the molecule is COc1ccc(/C=C2\Oc3cc(OCc4ccc(Br)cc4)ccc3C2=O)cc1OC. The molecule has 0 fully saturated rings. The summed E-state index contributed by atoms with van der Waals surface area (Å²) in [6, 6.07) is 18.6. The number of halogens is 1. The molecule has 0 unspecified atom stereocenters. The van der Waals surface area contributed by atoms with E-state index in [2.05, 4.69) is 15.9 Å². The standard InChI is InChI=1S/C24H19BrO5/c1-27-20-10-5-16(11-22(20)28-2)12-23-24(26)19-9-8-18(13-21(19)30-23)29-14-15-3-6-17(25)7-4-15/h3-13H,14H2,1-2H3/b23-12-. The number of ketones is 1. The largest absolute Gasteiger partial charge is 0.493 e. The van der Waals surface area contributed by atoms with Crippen molar-refractivity contribution in [1.82, 2.24) is 0 Å². The first-order valence-corrected chi connectivity index (χ1v) is 10.0. The number of carbonyl (C=O) groups is 1. The molecular weight excluding hydrogens is 448 g/mol. The van der Waals surface area contributed by atoms with Gasteiger partial charge in [-0.2, -0.15) is 0 Å². The molecule has 0 aromatic heterocycles. The smallest absolute Gasteiger partial charge is 0.231 e. The van der Waals surface area contributed by atoms with Crippen molar-refractivity contribution in [2.75, 3.05) is 14.2 Å². The molecule has 30 heavy (non-hydrogen) atoms. The highest BCUT2D eigenvalue weighted by Gasteiger charge is 2.27. The molecular formula is C24H19BrO5. The van der Waals surface area contributed by atoms with Gasteiger partial charge in [0.25, 0.3) is 0 Å². The molecule has 0 saturated heterocycles. The van der Waals surface area contributed by atoms with Gasteiger partial charge in [-0.3, -0.25) is 4.79 Å². The topological polar surface area (TPSA) is 54.0 Å². The van der Waals surface area contributed by atoms with Gasteiger partial charge in [0.05, 0.1) is 19.8 Å². The first-order chi connectivity index (χ1) is 14.6. The maximum Gasteiger partial charge on any atom is 0.231 e. The Morgan fingerprint density at radius 3 is 2.43 bits per heavy atom. The van der Waals surface area contributed by atoms with Crippen LogP contribution in [0.3, 0.4) is 0 Å². The Bertz CT molecular complexity index is 1120. The summed E-state index contributed by atoms with van der Waals surface area (Å²) in [6.45, 7) is 0.425.